The van der Waals surface area contributed by atoms with Crippen LogP contribution in [-0.2, 0) is 9.53 Å². The molecule has 0 fully saturated rings. The van der Waals surface area contributed by atoms with Crippen LogP contribution in [0.25, 0.3) is 16.5 Å². The molecule has 1 aromatic heterocycles. The van der Waals surface area contributed by atoms with Gasteiger partial charge < -0.3 is 20.1 Å². The molecule has 27 heavy (non-hydrogen) atoms. The van der Waals surface area contributed by atoms with Crippen molar-refractivity contribution < 1.29 is 14.6 Å². The number of hydrogen-bond donors (Lipinski definition) is 2. The Morgan fingerprint density at radius 1 is 1.33 bits per heavy atom. The maximum absolute atomic E-state index is 12.0. The number of nitrogens with one attached hydrogen (secondary N) is 1. The minimum Gasteiger partial charge on any atom is -0.395 e. The van der Waals surface area contributed by atoms with Crippen molar-refractivity contribution in [1.82, 2.24) is 5.32 Å². The van der Waals surface area contributed by atoms with Crippen molar-refractivity contribution in [3.8, 4) is 16.5 Å². The van der Waals surface area contributed by atoms with Gasteiger partial charge in [-0.3, -0.25) is 4.79 Å². The Balaban J connectivity index is 2.11. The number of benzene rings is 1. The summed E-state index contributed by atoms with van der Waals surface area (Å²) in [4.78, 5) is 15.9. The molecule has 1 amide bonds. The smallest absolute Gasteiger partial charge is 0.262 e. The zero-order valence-electron chi connectivity index (χ0n) is 15.4. The summed E-state index contributed by atoms with van der Waals surface area (Å²) in [6.07, 6.45) is 1.60. The van der Waals surface area contributed by atoms with E-state index in [0.717, 1.165) is 21.0 Å². The molecule has 1 heterocycles. The number of carbonyl (C=O) groups is 1. The molecule has 0 bridgehead atoms. The molecular weight excluding hydrogens is 362 g/mol. The van der Waals surface area contributed by atoms with Crippen LogP contribution in [0.3, 0.4) is 0 Å². The Morgan fingerprint density at radius 3 is 2.70 bits per heavy atom. The molecular formula is C20H23N3O3S. The summed E-state index contributed by atoms with van der Waals surface area (Å²) in [5, 5.41) is 20.9. The average molecular weight is 385 g/mol. The Kier molecular flexibility index (Phi) is 8.01. The monoisotopic (exact) mass is 385 g/mol. The molecule has 1 aromatic carbocycles. The third-order valence-electron chi connectivity index (χ3n) is 3.90. The number of nitriles is 1. The summed E-state index contributed by atoms with van der Waals surface area (Å²) in [7, 11) is 3.48. The Labute approximate surface area is 163 Å². The summed E-state index contributed by atoms with van der Waals surface area (Å²) in [5.41, 5.74) is 2.16. The first-order valence-electron chi connectivity index (χ1n) is 8.50. The summed E-state index contributed by atoms with van der Waals surface area (Å²) < 4.78 is 4.88. The highest BCUT2D eigenvalue weighted by molar-refractivity contribution is 7.16. The zero-order chi connectivity index (χ0) is 19.6. The van der Waals surface area contributed by atoms with Crippen LogP contribution >= 0.6 is 11.3 Å². The van der Waals surface area contributed by atoms with E-state index < -0.39 is 5.91 Å². The summed E-state index contributed by atoms with van der Waals surface area (Å²) in [6, 6.07) is 13.9. The van der Waals surface area contributed by atoms with Gasteiger partial charge in [-0.15, -0.1) is 11.3 Å². The van der Waals surface area contributed by atoms with Crippen molar-refractivity contribution >= 4 is 29.0 Å². The lowest BCUT2D eigenvalue weighted by molar-refractivity contribution is -0.117. The van der Waals surface area contributed by atoms with Crippen molar-refractivity contribution in [2.75, 3.05) is 45.4 Å². The number of hydrogen-bond acceptors (Lipinski definition) is 6. The minimum absolute atomic E-state index is 0.0699. The van der Waals surface area contributed by atoms with Gasteiger partial charge in [-0.25, -0.2) is 0 Å². The predicted octanol–water partition coefficient (Wildman–Crippen LogP) is 2.51. The van der Waals surface area contributed by atoms with Gasteiger partial charge in [0.25, 0.3) is 5.91 Å². The first-order valence-corrected chi connectivity index (χ1v) is 9.32. The largest absolute Gasteiger partial charge is 0.395 e. The van der Waals surface area contributed by atoms with Gasteiger partial charge in [-0.1, -0.05) is 12.1 Å². The second-order valence-corrected chi connectivity index (χ2v) is 6.93. The van der Waals surface area contributed by atoms with Gasteiger partial charge in [0, 0.05) is 42.7 Å². The van der Waals surface area contributed by atoms with Gasteiger partial charge in [0.2, 0.25) is 0 Å². The number of amides is 1. The quantitative estimate of drug-likeness (QED) is 0.394. The Morgan fingerprint density at radius 2 is 2.07 bits per heavy atom. The van der Waals surface area contributed by atoms with Gasteiger partial charge >= 0.3 is 0 Å². The molecule has 0 saturated carbocycles. The molecule has 0 saturated heterocycles. The highest BCUT2D eigenvalue weighted by atomic mass is 32.1. The van der Waals surface area contributed by atoms with Crippen LogP contribution < -0.4 is 10.2 Å². The first kappa shape index (κ1) is 20.6. The van der Waals surface area contributed by atoms with Gasteiger partial charge in [-0.2, -0.15) is 5.26 Å². The van der Waals surface area contributed by atoms with E-state index in [-0.39, 0.29) is 12.2 Å². The maximum atomic E-state index is 12.0. The molecule has 0 aliphatic rings. The van der Waals surface area contributed by atoms with Crippen LogP contribution in [0.4, 0.5) is 5.69 Å². The summed E-state index contributed by atoms with van der Waals surface area (Å²) in [6.45, 7) is 1.45. The first-order chi connectivity index (χ1) is 13.1. The molecule has 2 aromatic rings. The van der Waals surface area contributed by atoms with Gasteiger partial charge in [-0.05, 0) is 35.9 Å². The molecule has 0 radical (unpaired) electrons. The highest BCUT2D eigenvalue weighted by Gasteiger charge is 2.10. The fraction of sp³-hybridized carbons (Fsp3) is 0.300. The molecule has 0 spiro atoms. The van der Waals surface area contributed by atoms with E-state index in [9.17, 15) is 10.1 Å². The summed E-state index contributed by atoms with van der Waals surface area (Å²) in [5.74, 6) is -0.402. The van der Waals surface area contributed by atoms with Crippen molar-refractivity contribution in [3.05, 3.63) is 46.8 Å². The molecule has 0 aliphatic carbocycles. The third kappa shape index (κ3) is 5.93. The number of rotatable bonds is 9. The fourth-order valence-electron chi connectivity index (χ4n) is 2.40. The van der Waals surface area contributed by atoms with E-state index in [2.05, 4.69) is 5.32 Å². The second kappa shape index (κ2) is 10.5. The molecule has 0 aliphatic heterocycles. The van der Waals surface area contributed by atoms with E-state index in [4.69, 9.17) is 9.84 Å². The average Bonchev–Trinajstić information content (AvgIpc) is 3.15. The Hall–Kier alpha value is -2.66. The third-order valence-corrected chi connectivity index (χ3v) is 4.98. The van der Waals surface area contributed by atoms with Crippen molar-refractivity contribution in [1.29, 1.82) is 5.26 Å². The van der Waals surface area contributed by atoms with Crippen molar-refractivity contribution in [2.24, 2.45) is 0 Å². The van der Waals surface area contributed by atoms with E-state index in [0.29, 0.717) is 19.7 Å². The maximum Gasteiger partial charge on any atom is 0.262 e. The number of aliphatic hydroxyl groups is 1. The number of likely N-dealkylation sites (N-methyl/N-ethyl adjacent to an activating group) is 1. The molecule has 7 heteroatoms. The molecule has 2 rings (SSSR count). The lowest BCUT2D eigenvalue weighted by atomic mass is 10.1. The van der Waals surface area contributed by atoms with Crippen LogP contribution in [0.5, 0.6) is 0 Å². The second-order valence-electron chi connectivity index (χ2n) is 5.81. The fourth-order valence-corrected chi connectivity index (χ4v) is 3.35. The number of methoxy groups -OCH3 is 1. The van der Waals surface area contributed by atoms with Crippen LogP contribution in [0.15, 0.2) is 42.0 Å². The lowest BCUT2D eigenvalue weighted by Crippen LogP contribution is -2.27. The predicted molar refractivity (Wildman–Crippen MR) is 109 cm³/mol. The standard InChI is InChI=1S/C20H23N3O3S/c1-23(10-11-24)17-5-3-15(4-6-17)19-8-7-18(27-19)13-16(14-21)20(25)22-9-12-26-2/h3-8,13,24H,9-12H2,1-2H3,(H,22,25)/b16-13+. The SMILES string of the molecule is COCCNC(=O)/C(C#N)=C/c1ccc(-c2ccc(N(C)CCO)cc2)s1. The Bertz CT molecular complexity index is 822. The van der Waals surface area contributed by atoms with Gasteiger partial charge in [0.05, 0.1) is 13.2 Å². The molecule has 142 valence electrons. The highest BCUT2D eigenvalue weighted by Crippen LogP contribution is 2.30. The number of anilines is 1. The number of carbonyl (C=O) groups excluding carboxylic acids is 1. The van der Waals surface area contributed by atoms with E-state index in [1.54, 1.807) is 13.2 Å². The molecule has 6 nitrogen and oxygen atoms in total. The normalized spacial score (nSPS) is 11.1. The lowest BCUT2D eigenvalue weighted by Gasteiger charge is -2.17. The van der Waals surface area contributed by atoms with Crippen LogP contribution in [0, 0.1) is 11.3 Å². The van der Waals surface area contributed by atoms with Crippen LogP contribution in [0.1, 0.15) is 4.88 Å². The number of ether oxygens (including phenoxy) is 1. The summed E-state index contributed by atoms with van der Waals surface area (Å²) >= 11 is 1.51. The topological polar surface area (TPSA) is 85.6 Å². The minimum atomic E-state index is -0.402. The number of aliphatic hydroxyl groups excluding tert-OH is 1. The van der Waals surface area contributed by atoms with E-state index in [1.807, 2.05) is 54.4 Å². The number of nitrogens with zero attached hydrogens (tertiary/aromatic N) is 2. The zero-order valence-corrected chi connectivity index (χ0v) is 16.3. The van der Waals surface area contributed by atoms with Crippen molar-refractivity contribution in [3.63, 3.8) is 0 Å². The van der Waals surface area contributed by atoms with E-state index >= 15 is 0 Å². The number of thiophene rings is 1. The van der Waals surface area contributed by atoms with Crippen LogP contribution in [-0.4, -0.2) is 51.5 Å². The van der Waals surface area contributed by atoms with Crippen LogP contribution in [0.2, 0.25) is 0 Å². The molecule has 2 N–H and O–H groups in total. The van der Waals surface area contributed by atoms with E-state index in [1.165, 1.54) is 11.3 Å². The molecule has 0 unspecified atom stereocenters. The molecule has 0 atom stereocenters. The van der Waals surface area contributed by atoms with Gasteiger partial charge in [0.15, 0.2) is 0 Å². The van der Waals surface area contributed by atoms with Crippen molar-refractivity contribution in [2.45, 2.75) is 0 Å². The van der Waals surface area contributed by atoms with Gasteiger partial charge in [0.1, 0.15) is 11.6 Å².